The fourth-order valence-electron chi connectivity index (χ4n) is 2.68. The lowest BCUT2D eigenvalue weighted by atomic mass is 10.2. The molecule has 2 unspecified atom stereocenters. The first kappa shape index (κ1) is 11.0. The third-order valence-corrected chi connectivity index (χ3v) is 3.80. The highest BCUT2D eigenvalue weighted by Gasteiger charge is 2.34. The molecule has 1 N–H and O–H groups in total. The van der Waals surface area contributed by atoms with E-state index in [1.807, 2.05) is 0 Å². The van der Waals surface area contributed by atoms with Crippen LogP contribution >= 0.6 is 0 Å². The maximum atomic E-state index is 5.62. The highest BCUT2D eigenvalue weighted by molar-refractivity contribution is 4.92. The minimum absolute atomic E-state index is 0.267. The molecule has 92 valence electrons. The Morgan fingerprint density at radius 3 is 2.88 bits per heavy atom. The van der Waals surface area contributed by atoms with Crippen molar-refractivity contribution < 1.29 is 9.47 Å². The predicted octanol–water partition coefficient (Wildman–Crippen LogP) is 0.228. The van der Waals surface area contributed by atoms with Gasteiger partial charge in [0.05, 0.1) is 25.9 Å². The van der Waals surface area contributed by atoms with Gasteiger partial charge in [0.2, 0.25) is 0 Å². The van der Waals surface area contributed by atoms with Gasteiger partial charge in [0, 0.05) is 31.7 Å². The predicted molar refractivity (Wildman–Crippen MR) is 61.6 cm³/mol. The van der Waals surface area contributed by atoms with Crippen LogP contribution in [0.1, 0.15) is 19.3 Å². The van der Waals surface area contributed by atoms with Crippen LogP contribution in [0.2, 0.25) is 0 Å². The Morgan fingerprint density at radius 2 is 2.12 bits per heavy atom. The van der Waals surface area contributed by atoms with E-state index in [1.54, 1.807) is 0 Å². The SMILES string of the molecule is C1COC(CNC2CCN(C3CC3)C2)CO1. The van der Waals surface area contributed by atoms with E-state index < -0.39 is 0 Å². The summed E-state index contributed by atoms with van der Waals surface area (Å²) in [4.78, 5) is 2.63. The van der Waals surface area contributed by atoms with Crippen molar-refractivity contribution in [3.05, 3.63) is 0 Å². The first-order valence-electron chi connectivity index (χ1n) is 6.58. The molecule has 2 saturated heterocycles. The minimum Gasteiger partial charge on any atom is -0.376 e. The lowest BCUT2D eigenvalue weighted by molar-refractivity contribution is -0.0869. The normalized spacial score (nSPS) is 36.8. The number of nitrogens with zero attached hydrogens (tertiary/aromatic N) is 1. The summed E-state index contributed by atoms with van der Waals surface area (Å²) < 4.78 is 11.0. The molecule has 0 amide bonds. The highest BCUT2D eigenvalue weighted by atomic mass is 16.6. The van der Waals surface area contributed by atoms with Crippen LogP contribution in [0.15, 0.2) is 0 Å². The topological polar surface area (TPSA) is 33.7 Å². The summed E-state index contributed by atoms with van der Waals surface area (Å²) in [5, 5.41) is 3.62. The Hall–Kier alpha value is -0.160. The number of hydrogen-bond donors (Lipinski definition) is 1. The fourth-order valence-corrected chi connectivity index (χ4v) is 2.68. The van der Waals surface area contributed by atoms with Crippen LogP contribution in [-0.4, -0.2) is 62.5 Å². The van der Waals surface area contributed by atoms with Crippen LogP contribution in [0.25, 0.3) is 0 Å². The van der Waals surface area contributed by atoms with Gasteiger partial charge in [-0.05, 0) is 19.3 Å². The summed E-state index contributed by atoms with van der Waals surface area (Å²) in [6.45, 7) is 5.73. The van der Waals surface area contributed by atoms with Crippen molar-refractivity contribution in [1.82, 2.24) is 10.2 Å². The largest absolute Gasteiger partial charge is 0.376 e. The van der Waals surface area contributed by atoms with Crippen LogP contribution in [0.5, 0.6) is 0 Å². The number of hydrogen-bond acceptors (Lipinski definition) is 4. The molecule has 0 bridgehead atoms. The summed E-state index contributed by atoms with van der Waals surface area (Å²) in [5.74, 6) is 0. The van der Waals surface area contributed by atoms with Gasteiger partial charge < -0.3 is 14.8 Å². The quantitative estimate of drug-likeness (QED) is 0.744. The zero-order chi connectivity index (χ0) is 10.8. The molecule has 2 heterocycles. The maximum absolute atomic E-state index is 5.62. The molecule has 4 nitrogen and oxygen atoms in total. The van der Waals surface area contributed by atoms with Crippen LogP contribution in [-0.2, 0) is 9.47 Å². The van der Waals surface area contributed by atoms with Crippen molar-refractivity contribution in [3.8, 4) is 0 Å². The number of likely N-dealkylation sites (tertiary alicyclic amines) is 1. The molecule has 3 fully saturated rings. The van der Waals surface area contributed by atoms with Crippen LogP contribution in [0, 0.1) is 0 Å². The van der Waals surface area contributed by atoms with E-state index in [0.717, 1.165) is 32.4 Å². The van der Waals surface area contributed by atoms with E-state index in [9.17, 15) is 0 Å². The van der Waals surface area contributed by atoms with Crippen LogP contribution in [0.4, 0.5) is 0 Å². The second-order valence-electron chi connectivity index (χ2n) is 5.19. The second-order valence-corrected chi connectivity index (χ2v) is 5.19. The molecule has 0 spiro atoms. The number of nitrogens with one attached hydrogen (secondary N) is 1. The van der Waals surface area contributed by atoms with Crippen molar-refractivity contribution in [2.24, 2.45) is 0 Å². The Morgan fingerprint density at radius 1 is 1.19 bits per heavy atom. The van der Waals surface area contributed by atoms with Gasteiger partial charge in [0.1, 0.15) is 0 Å². The zero-order valence-corrected chi connectivity index (χ0v) is 9.86. The number of rotatable bonds is 4. The van der Waals surface area contributed by atoms with E-state index in [-0.39, 0.29) is 6.10 Å². The van der Waals surface area contributed by atoms with Gasteiger partial charge in [-0.3, -0.25) is 4.90 Å². The van der Waals surface area contributed by atoms with E-state index in [1.165, 1.54) is 32.4 Å². The molecule has 0 radical (unpaired) electrons. The van der Waals surface area contributed by atoms with Gasteiger partial charge in [-0.2, -0.15) is 0 Å². The lowest BCUT2D eigenvalue weighted by Gasteiger charge is -2.25. The third kappa shape index (κ3) is 2.74. The molecule has 0 aromatic heterocycles. The van der Waals surface area contributed by atoms with Crippen molar-refractivity contribution in [3.63, 3.8) is 0 Å². The van der Waals surface area contributed by atoms with Crippen molar-refractivity contribution in [2.75, 3.05) is 39.5 Å². The van der Waals surface area contributed by atoms with Crippen LogP contribution in [0.3, 0.4) is 0 Å². The summed E-state index contributed by atoms with van der Waals surface area (Å²) in [6.07, 6.45) is 4.41. The van der Waals surface area contributed by atoms with Gasteiger partial charge in [-0.15, -0.1) is 0 Å². The van der Waals surface area contributed by atoms with Crippen LogP contribution < -0.4 is 5.32 Å². The Bertz CT molecular complexity index is 227. The molecule has 1 saturated carbocycles. The minimum atomic E-state index is 0.267. The van der Waals surface area contributed by atoms with E-state index in [4.69, 9.17) is 9.47 Å². The molecule has 1 aliphatic carbocycles. The maximum Gasteiger partial charge on any atom is 0.0933 e. The second kappa shape index (κ2) is 5.00. The zero-order valence-electron chi connectivity index (χ0n) is 9.86. The Balaban J connectivity index is 1.35. The van der Waals surface area contributed by atoms with Crippen molar-refractivity contribution in [2.45, 2.75) is 37.5 Å². The first-order valence-corrected chi connectivity index (χ1v) is 6.58. The van der Waals surface area contributed by atoms with Gasteiger partial charge in [-0.25, -0.2) is 0 Å². The summed E-state index contributed by atoms with van der Waals surface area (Å²) >= 11 is 0. The van der Waals surface area contributed by atoms with Gasteiger partial charge in [0.25, 0.3) is 0 Å². The Labute approximate surface area is 97.3 Å². The van der Waals surface area contributed by atoms with Gasteiger partial charge in [0.15, 0.2) is 0 Å². The van der Waals surface area contributed by atoms with Crippen molar-refractivity contribution in [1.29, 1.82) is 0 Å². The highest BCUT2D eigenvalue weighted by Crippen LogP contribution is 2.29. The molecular formula is C12H22N2O2. The molecule has 16 heavy (non-hydrogen) atoms. The smallest absolute Gasteiger partial charge is 0.0933 e. The molecule has 4 heteroatoms. The monoisotopic (exact) mass is 226 g/mol. The molecule has 0 aromatic rings. The average Bonchev–Trinajstić information content (AvgIpc) is 3.08. The third-order valence-electron chi connectivity index (χ3n) is 3.80. The van der Waals surface area contributed by atoms with E-state index in [2.05, 4.69) is 10.2 Å². The fraction of sp³-hybridized carbons (Fsp3) is 1.00. The first-order chi connectivity index (χ1) is 7.92. The molecule has 3 aliphatic rings. The molecular weight excluding hydrogens is 204 g/mol. The lowest BCUT2D eigenvalue weighted by Crippen LogP contribution is -2.42. The van der Waals surface area contributed by atoms with Gasteiger partial charge >= 0.3 is 0 Å². The molecule has 2 atom stereocenters. The van der Waals surface area contributed by atoms with Crippen molar-refractivity contribution >= 4 is 0 Å². The molecule has 0 aromatic carbocycles. The molecule has 3 rings (SSSR count). The van der Waals surface area contributed by atoms with E-state index in [0.29, 0.717) is 6.04 Å². The van der Waals surface area contributed by atoms with E-state index >= 15 is 0 Å². The summed E-state index contributed by atoms with van der Waals surface area (Å²) in [7, 11) is 0. The summed E-state index contributed by atoms with van der Waals surface area (Å²) in [5.41, 5.74) is 0. The Kier molecular flexibility index (Phi) is 3.43. The number of ether oxygens (including phenoxy) is 2. The summed E-state index contributed by atoms with van der Waals surface area (Å²) in [6, 6.07) is 1.59. The average molecular weight is 226 g/mol. The van der Waals surface area contributed by atoms with Gasteiger partial charge in [-0.1, -0.05) is 0 Å². The molecule has 2 aliphatic heterocycles. The standard InChI is InChI=1S/C12H22N2O2/c1-2-11(1)14-4-3-10(8-14)13-7-12-9-15-5-6-16-12/h10-13H,1-9H2.